The summed E-state index contributed by atoms with van der Waals surface area (Å²) in [5.41, 5.74) is 3.26. The maximum Gasteiger partial charge on any atom is 0.318 e. The van der Waals surface area contributed by atoms with Crippen LogP contribution in [-0.2, 0) is 4.79 Å². The zero-order valence-electron chi connectivity index (χ0n) is 9.86. The molecule has 0 bridgehead atoms. The molecule has 1 aromatic rings. The fraction of sp³-hybridized carbons (Fsp3) is 0.200. The Hall–Kier alpha value is -2.39. The van der Waals surface area contributed by atoms with E-state index >= 15 is 0 Å². The van der Waals surface area contributed by atoms with Gasteiger partial charge in [0.1, 0.15) is 11.7 Å². The summed E-state index contributed by atoms with van der Waals surface area (Å²) in [5.74, 6) is -12.0. The van der Waals surface area contributed by atoms with Crippen LogP contribution in [-0.4, -0.2) is 18.0 Å². The molecule has 1 rings (SSSR count). The van der Waals surface area contributed by atoms with Gasteiger partial charge in [0.25, 0.3) is 0 Å². The molecule has 4 N–H and O–H groups in total. The number of carbonyl (C=O) groups excluding carboxylic acids is 2. The molecule has 0 saturated carbocycles. The Balaban J connectivity index is 3.10. The second kappa shape index (κ2) is 5.72. The lowest BCUT2D eigenvalue weighted by atomic mass is 10.2. The van der Waals surface area contributed by atoms with Gasteiger partial charge in [0.2, 0.25) is 11.7 Å². The lowest BCUT2D eigenvalue weighted by Crippen LogP contribution is -2.43. The van der Waals surface area contributed by atoms with Crippen LogP contribution in [0, 0.1) is 29.1 Å². The number of urea groups is 1. The van der Waals surface area contributed by atoms with Crippen LogP contribution in [0.15, 0.2) is 0 Å². The zero-order chi connectivity index (χ0) is 15.6. The van der Waals surface area contributed by atoms with E-state index in [0.717, 1.165) is 6.92 Å². The summed E-state index contributed by atoms with van der Waals surface area (Å²) in [6, 6.07) is -2.71. The maximum atomic E-state index is 13.3. The van der Waals surface area contributed by atoms with Crippen molar-refractivity contribution in [2.24, 2.45) is 5.73 Å². The fourth-order valence-electron chi connectivity index (χ4n) is 1.24. The number of carbonyl (C=O) groups is 2. The fourth-order valence-corrected chi connectivity index (χ4v) is 1.24. The monoisotopic (exact) mass is 297 g/mol. The van der Waals surface area contributed by atoms with Crippen molar-refractivity contribution in [2.45, 2.75) is 13.0 Å². The molecule has 1 aromatic carbocycles. The normalized spacial score (nSPS) is 11.9. The van der Waals surface area contributed by atoms with Crippen LogP contribution in [0.3, 0.4) is 0 Å². The highest BCUT2D eigenvalue weighted by atomic mass is 19.2. The minimum Gasteiger partial charge on any atom is -0.369 e. The maximum absolute atomic E-state index is 13.3. The zero-order valence-corrected chi connectivity index (χ0v) is 9.86. The second-order valence-corrected chi connectivity index (χ2v) is 3.66. The van der Waals surface area contributed by atoms with Gasteiger partial charge in [-0.2, -0.15) is 0 Å². The molecule has 110 valence electrons. The van der Waals surface area contributed by atoms with Crippen LogP contribution >= 0.6 is 0 Å². The third-order valence-corrected chi connectivity index (χ3v) is 2.21. The van der Waals surface area contributed by atoms with Gasteiger partial charge in [-0.15, -0.1) is 0 Å². The highest BCUT2D eigenvalue weighted by Crippen LogP contribution is 2.27. The van der Waals surface area contributed by atoms with Crippen molar-refractivity contribution >= 4 is 17.6 Å². The summed E-state index contributed by atoms with van der Waals surface area (Å²) >= 11 is 0. The molecule has 1 unspecified atom stereocenters. The van der Waals surface area contributed by atoms with E-state index in [9.17, 15) is 31.5 Å². The highest BCUT2D eigenvalue weighted by molar-refractivity contribution is 5.97. The molecule has 0 aliphatic carbocycles. The first-order valence-electron chi connectivity index (χ1n) is 5.05. The van der Waals surface area contributed by atoms with Gasteiger partial charge in [0, 0.05) is 0 Å². The Morgan fingerprint density at radius 1 is 0.950 bits per heavy atom. The van der Waals surface area contributed by atoms with E-state index in [1.165, 1.54) is 0 Å². The van der Waals surface area contributed by atoms with Gasteiger partial charge < -0.3 is 11.1 Å². The molecule has 0 saturated heterocycles. The van der Waals surface area contributed by atoms with Gasteiger partial charge in [-0.1, -0.05) is 0 Å². The van der Waals surface area contributed by atoms with Gasteiger partial charge >= 0.3 is 6.03 Å². The SMILES string of the molecule is CC(Nc1c(F)c(F)c(F)c(F)c1F)C(=O)NC(N)=O. The highest BCUT2D eigenvalue weighted by Gasteiger charge is 2.27. The number of rotatable bonds is 3. The van der Waals surface area contributed by atoms with Crippen molar-refractivity contribution in [2.75, 3.05) is 5.32 Å². The topological polar surface area (TPSA) is 84.2 Å². The molecule has 0 aliphatic heterocycles. The van der Waals surface area contributed by atoms with E-state index in [0.29, 0.717) is 0 Å². The third-order valence-electron chi connectivity index (χ3n) is 2.21. The van der Waals surface area contributed by atoms with Gasteiger partial charge in [-0.25, -0.2) is 26.7 Å². The predicted molar refractivity (Wildman–Crippen MR) is 57.0 cm³/mol. The molecular formula is C10H8F5N3O2. The van der Waals surface area contributed by atoms with Gasteiger partial charge in [-0.3, -0.25) is 10.1 Å². The summed E-state index contributed by atoms with van der Waals surface area (Å²) in [7, 11) is 0. The van der Waals surface area contributed by atoms with E-state index in [1.54, 1.807) is 10.6 Å². The van der Waals surface area contributed by atoms with Crippen LogP contribution in [0.2, 0.25) is 0 Å². The minimum absolute atomic E-state index is 1.02. The average molecular weight is 297 g/mol. The lowest BCUT2D eigenvalue weighted by molar-refractivity contribution is -0.120. The predicted octanol–water partition coefficient (Wildman–Crippen LogP) is 1.38. The van der Waals surface area contributed by atoms with E-state index in [2.05, 4.69) is 5.73 Å². The summed E-state index contributed by atoms with van der Waals surface area (Å²) in [4.78, 5) is 21.6. The number of hydrogen-bond acceptors (Lipinski definition) is 3. The number of primary amides is 1. The molecule has 0 aromatic heterocycles. The smallest absolute Gasteiger partial charge is 0.318 e. The number of benzene rings is 1. The van der Waals surface area contributed by atoms with E-state index in [-0.39, 0.29) is 0 Å². The number of amides is 3. The number of halogens is 5. The Morgan fingerprint density at radius 3 is 1.75 bits per heavy atom. The van der Waals surface area contributed by atoms with Gasteiger partial charge in [0.15, 0.2) is 23.3 Å². The summed E-state index contributed by atoms with van der Waals surface area (Å²) < 4.78 is 65.1. The number of hydrogen-bond donors (Lipinski definition) is 3. The van der Waals surface area contributed by atoms with Crippen molar-refractivity contribution in [1.29, 1.82) is 0 Å². The minimum atomic E-state index is -2.32. The van der Waals surface area contributed by atoms with Crippen LogP contribution in [0.1, 0.15) is 6.92 Å². The molecule has 5 nitrogen and oxygen atoms in total. The molecular weight excluding hydrogens is 289 g/mol. The molecule has 0 fully saturated rings. The van der Waals surface area contributed by atoms with Crippen LogP contribution in [0.4, 0.5) is 32.4 Å². The number of nitrogens with two attached hydrogens (primary N) is 1. The molecule has 3 amide bonds. The van der Waals surface area contributed by atoms with Gasteiger partial charge in [-0.05, 0) is 6.92 Å². The molecule has 0 heterocycles. The van der Waals surface area contributed by atoms with Crippen LogP contribution < -0.4 is 16.4 Å². The van der Waals surface area contributed by atoms with Crippen molar-refractivity contribution in [3.63, 3.8) is 0 Å². The first-order valence-corrected chi connectivity index (χ1v) is 5.05. The van der Waals surface area contributed by atoms with Crippen molar-refractivity contribution in [3.05, 3.63) is 29.1 Å². The van der Waals surface area contributed by atoms with Crippen LogP contribution in [0.25, 0.3) is 0 Å². The van der Waals surface area contributed by atoms with E-state index in [1.807, 2.05) is 0 Å². The Kier molecular flexibility index (Phi) is 4.48. The molecule has 0 spiro atoms. The van der Waals surface area contributed by atoms with Crippen molar-refractivity contribution in [1.82, 2.24) is 5.32 Å². The summed E-state index contributed by atoms with van der Waals surface area (Å²) in [6.45, 7) is 1.02. The molecule has 0 radical (unpaired) electrons. The Labute approximate surface area is 108 Å². The Bertz CT molecular complexity index is 549. The third kappa shape index (κ3) is 2.95. The number of imide groups is 1. The Morgan fingerprint density at radius 2 is 1.35 bits per heavy atom. The van der Waals surface area contributed by atoms with E-state index < -0.39 is 52.8 Å². The number of anilines is 1. The molecule has 1 atom stereocenters. The molecule has 10 heteroatoms. The average Bonchev–Trinajstić information content (AvgIpc) is 2.38. The number of nitrogens with one attached hydrogen (secondary N) is 2. The first kappa shape index (κ1) is 15.7. The molecule has 20 heavy (non-hydrogen) atoms. The van der Waals surface area contributed by atoms with Crippen molar-refractivity contribution in [3.8, 4) is 0 Å². The summed E-state index contributed by atoms with van der Waals surface area (Å²) in [5, 5.41) is 3.35. The quantitative estimate of drug-likeness (QED) is 0.447. The largest absolute Gasteiger partial charge is 0.369 e. The van der Waals surface area contributed by atoms with E-state index in [4.69, 9.17) is 0 Å². The first-order chi connectivity index (χ1) is 9.16. The standard InChI is InChI=1S/C10H8F5N3O2/c1-2(9(19)18-10(16)20)17-8-6(14)4(12)3(11)5(13)7(8)15/h2,17H,1H3,(H3,16,18,19,20). The lowest BCUT2D eigenvalue weighted by Gasteiger charge is -2.16. The van der Waals surface area contributed by atoms with Crippen LogP contribution in [0.5, 0.6) is 0 Å². The van der Waals surface area contributed by atoms with Gasteiger partial charge in [0.05, 0.1) is 0 Å². The molecule has 0 aliphatic rings. The van der Waals surface area contributed by atoms with Crippen molar-refractivity contribution < 1.29 is 31.5 Å². The second-order valence-electron chi connectivity index (χ2n) is 3.66. The summed E-state index contributed by atoms with van der Waals surface area (Å²) in [6.07, 6.45) is 0.